The number of hydrogen-bond acceptors (Lipinski definition) is 4. The van der Waals surface area contributed by atoms with Gasteiger partial charge in [0.1, 0.15) is 0 Å². The molecule has 1 saturated heterocycles. The van der Waals surface area contributed by atoms with Gasteiger partial charge in [-0.05, 0) is 37.0 Å². The van der Waals surface area contributed by atoms with Crippen LogP contribution in [0.25, 0.3) is 0 Å². The predicted octanol–water partition coefficient (Wildman–Crippen LogP) is 3.43. The number of nitro benzene ring substituents is 1. The first kappa shape index (κ1) is 16.6. The number of nitrogens with zero attached hydrogens (tertiary/aromatic N) is 2. The van der Waals surface area contributed by atoms with Crippen molar-refractivity contribution in [2.45, 2.75) is 30.7 Å². The molecule has 1 fully saturated rings. The molecule has 3 rings (SSSR count). The lowest BCUT2D eigenvalue weighted by Crippen LogP contribution is -2.31. The zero-order valence-electron chi connectivity index (χ0n) is 13.3. The second-order valence-corrected chi connectivity index (χ2v) is 7.71. The Morgan fingerprint density at radius 2 is 1.79 bits per heavy atom. The molecular weight excluding hydrogens is 328 g/mol. The van der Waals surface area contributed by atoms with Gasteiger partial charge in [-0.25, -0.2) is 8.42 Å². The maximum Gasteiger partial charge on any atom is 0.289 e. The minimum Gasteiger partial charge on any atom is -0.258 e. The van der Waals surface area contributed by atoms with Gasteiger partial charge in [0.05, 0.1) is 11.0 Å². The van der Waals surface area contributed by atoms with Crippen LogP contribution in [0.5, 0.6) is 0 Å². The van der Waals surface area contributed by atoms with Crippen LogP contribution in [-0.4, -0.2) is 24.2 Å². The molecule has 1 atom stereocenters. The van der Waals surface area contributed by atoms with Crippen molar-refractivity contribution in [3.63, 3.8) is 0 Å². The van der Waals surface area contributed by atoms with E-state index in [0.29, 0.717) is 13.0 Å². The van der Waals surface area contributed by atoms with Gasteiger partial charge in [0.25, 0.3) is 5.69 Å². The summed E-state index contributed by atoms with van der Waals surface area (Å²) in [5.41, 5.74) is 1.59. The summed E-state index contributed by atoms with van der Waals surface area (Å²) in [7, 11) is -3.94. The van der Waals surface area contributed by atoms with Gasteiger partial charge in [-0.15, -0.1) is 0 Å². The van der Waals surface area contributed by atoms with Crippen molar-refractivity contribution in [3.8, 4) is 0 Å². The van der Waals surface area contributed by atoms with Gasteiger partial charge in [-0.3, -0.25) is 10.1 Å². The first-order valence-electron chi connectivity index (χ1n) is 7.73. The zero-order valence-corrected chi connectivity index (χ0v) is 14.1. The summed E-state index contributed by atoms with van der Waals surface area (Å²) >= 11 is 0. The van der Waals surface area contributed by atoms with Gasteiger partial charge >= 0.3 is 0 Å². The molecule has 0 radical (unpaired) electrons. The SMILES string of the molecule is Cc1ccccc1[C@@H]1CCCN1S(=O)(=O)c1ccccc1[N+](=O)[O-]. The van der Waals surface area contributed by atoms with E-state index in [1.54, 1.807) is 0 Å². The van der Waals surface area contributed by atoms with Gasteiger partial charge in [0.2, 0.25) is 10.0 Å². The summed E-state index contributed by atoms with van der Waals surface area (Å²) < 4.78 is 27.6. The molecule has 0 spiro atoms. The minimum absolute atomic E-state index is 0.240. The van der Waals surface area contributed by atoms with E-state index in [9.17, 15) is 18.5 Å². The monoisotopic (exact) mass is 346 g/mol. The second kappa shape index (κ2) is 6.33. The standard InChI is InChI=1S/C17H18N2O4S/c1-13-7-2-3-8-14(13)15-10-6-12-18(15)24(22,23)17-11-5-4-9-16(17)19(20)21/h2-5,7-9,11,15H,6,10,12H2,1H3/t15-/m0/s1. The third kappa shape index (κ3) is 2.81. The Kier molecular flexibility index (Phi) is 4.38. The summed E-state index contributed by atoms with van der Waals surface area (Å²) in [6, 6.07) is 12.9. The van der Waals surface area contributed by atoms with E-state index in [0.717, 1.165) is 17.5 Å². The maximum atomic E-state index is 13.1. The topological polar surface area (TPSA) is 80.5 Å². The highest BCUT2D eigenvalue weighted by Gasteiger charge is 2.39. The lowest BCUT2D eigenvalue weighted by atomic mass is 10.0. The Morgan fingerprint density at radius 3 is 2.50 bits per heavy atom. The fraction of sp³-hybridized carbons (Fsp3) is 0.294. The van der Waals surface area contributed by atoms with Gasteiger partial charge in [0.15, 0.2) is 4.90 Å². The van der Waals surface area contributed by atoms with Gasteiger partial charge in [-0.1, -0.05) is 36.4 Å². The number of benzene rings is 2. The van der Waals surface area contributed by atoms with Crippen LogP contribution in [0.4, 0.5) is 5.69 Å². The summed E-state index contributed by atoms with van der Waals surface area (Å²) in [6.45, 7) is 2.32. The highest BCUT2D eigenvalue weighted by molar-refractivity contribution is 7.89. The van der Waals surface area contributed by atoms with E-state index in [2.05, 4.69) is 0 Å². The summed E-state index contributed by atoms with van der Waals surface area (Å²) in [5, 5.41) is 11.2. The summed E-state index contributed by atoms with van der Waals surface area (Å²) in [6.07, 6.45) is 1.45. The molecule has 0 N–H and O–H groups in total. The predicted molar refractivity (Wildman–Crippen MR) is 90.1 cm³/mol. The zero-order chi connectivity index (χ0) is 17.3. The summed E-state index contributed by atoms with van der Waals surface area (Å²) in [5.74, 6) is 0. The number of sulfonamides is 1. The molecule has 1 heterocycles. The number of hydrogen-bond donors (Lipinski definition) is 0. The van der Waals surface area contributed by atoms with Crippen molar-refractivity contribution in [1.29, 1.82) is 0 Å². The molecule has 1 aliphatic rings. The molecule has 126 valence electrons. The average Bonchev–Trinajstić information content (AvgIpc) is 3.05. The second-order valence-electron chi connectivity index (χ2n) is 5.86. The quantitative estimate of drug-likeness (QED) is 0.627. The van der Waals surface area contributed by atoms with Crippen molar-refractivity contribution in [2.75, 3.05) is 6.54 Å². The lowest BCUT2D eigenvalue weighted by molar-refractivity contribution is -0.387. The Bertz CT molecular complexity index is 880. The van der Waals surface area contributed by atoms with Crippen LogP contribution in [-0.2, 0) is 10.0 Å². The summed E-state index contributed by atoms with van der Waals surface area (Å²) in [4.78, 5) is 10.3. The van der Waals surface area contributed by atoms with Gasteiger partial charge < -0.3 is 0 Å². The highest BCUT2D eigenvalue weighted by atomic mass is 32.2. The molecule has 24 heavy (non-hydrogen) atoms. The molecule has 6 nitrogen and oxygen atoms in total. The van der Waals surface area contributed by atoms with Gasteiger partial charge in [0, 0.05) is 12.6 Å². The van der Waals surface area contributed by atoms with Crippen LogP contribution in [0.2, 0.25) is 0 Å². The molecule has 0 unspecified atom stereocenters. The molecule has 2 aromatic carbocycles. The lowest BCUT2D eigenvalue weighted by Gasteiger charge is -2.25. The van der Waals surface area contributed by atoms with Crippen molar-refractivity contribution < 1.29 is 13.3 Å². The van der Waals surface area contributed by atoms with Crippen molar-refractivity contribution in [2.24, 2.45) is 0 Å². The Balaban J connectivity index is 2.07. The Hall–Kier alpha value is -2.25. The Labute approximate surface area is 140 Å². The van der Waals surface area contributed by atoms with E-state index in [-0.39, 0.29) is 16.6 Å². The van der Waals surface area contributed by atoms with Crippen molar-refractivity contribution in [3.05, 3.63) is 69.8 Å². The highest BCUT2D eigenvalue weighted by Crippen LogP contribution is 2.39. The largest absolute Gasteiger partial charge is 0.289 e. The molecule has 1 aliphatic heterocycles. The van der Waals surface area contributed by atoms with Crippen molar-refractivity contribution in [1.82, 2.24) is 4.31 Å². The number of para-hydroxylation sites is 1. The van der Waals surface area contributed by atoms with Crippen LogP contribution < -0.4 is 0 Å². The van der Waals surface area contributed by atoms with E-state index >= 15 is 0 Å². The molecule has 0 saturated carbocycles. The smallest absolute Gasteiger partial charge is 0.258 e. The first-order chi connectivity index (χ1) is 11.4. The molecular formula is C17H18N2O4S. The van der Waals surface area contributed by atoms with Crippen LogP contribution in [0.3, 0.4) is 0 Å². The molecule has 0 aromatic heterocycles. The van der Waals surface area contributed by atoms with Crippen molar-refractivity contribution >= 4 is 15.7 Å². The molecule has 7 heteroatoms. The van der Waals surface area contributed by atoms with Gasteiger partial charge in [-0.2, -0.15) is 4.31 Å². The normalized spacial score (nSPS) is 18.6. The minimum atomic E-state index is -3.94. The third-order valence-corrected chi connectivity index (χ3v) is 6.36. The average molecular weight is 346 g/mol. The van der Waals surface area contributed by atoms with E-state index in [4.69, 9.17) is 0 Å². The first-order valence-corrected chi connectivity index (χ1v) is 9.17. The number of aryl methyl sites for hydroxylation is 1. The Morgan fingerprint density at radius 1 is 1.12 bits per heavy atom. The van der Waals surface area contributed by atoms with E-state index in [1.165, 1.54) is 28.6 Å². The van der Waals surface area contributed by atoms with Crippen LogP contribution in [0.1, 0.15) is 30.0 Å². The van der Waals surface area contributed by atoms with Crippen LogP contribution in [0.15, 0.2) is 53.4 Å². The third-order valence-electron chi connectivity index (χ3n) is 4.40. The van der Waals surface area contributed by atoms with E-state index < -0.39 is 14.9 Å². The molecule has 2 aromatic rings. The van der Waals surface area contributed by atoms with E-state index in [1.807, 2.05) is 31.2 Å². The molecule has 0 amide bonds. The molecule has 0 aliphatic carbocycles. The molecule has 0 bridgehead atoms. The van der Waals surface area contributed by atoms with Crippen LogP contribution >= 0.6 is 0 Å². The fourth-order valence-corrected chi connectivity index (χ4v) is 5.09. The fourth-order valence-electron chi connectivity index (χ4n) is 3.25. The maximum absolute atomic E-state index is 13.1. The number of nitro groups is 1. The number of rotatable bonds is 4. The van der Waals surface area contributed by atoms with Crippen LogP contribution in [0, 0.1) is 17.0 Å².